The Balaban J connectivity index is 1.26. The van der Waals surface area contributed by atoms with Crippen molar-refractivity contribution in [2.24, 2.45) is 17.0 Å². The number of unbranched alkanes of at least 4 members (excludes halogenated alkanes) is 1. The van der Waals surface area contributed by atoms with E-state index in [2.05, 4.69) is 15.0 Å². The van der Waals surface area contributed by atoms with Crippen LogP contribution in [-0.4, -0.2) is 83.1 Å². The summed E-state index contributed by atoms with van der Waals surface area (Å²) in [5.74, 6) is -0.352. The highest BCUT2D eigenvalue weighted by molar-refractivity contribution is 5.98. The third-order valence-electron chi connectivity index (χ3n) is 7.17. The molecule has 0 saturated carbocycles. The highest BCUT2D eigenvalue weighted by Crippen LogP contribution is 2.29. The lowest BCUT2D eigenvalue weighted by atomic mass is 9.90. The van der Waals surface area contributed by atoms with Crippen LogP contribution in [0.25, 0.3) is 0 Å². The van der Waals surface area contributed by atoms with Gasteiger partial charge in [-0.25, -0.2) is 4.39 Å². The molecule has 1 aromatic carbocycles. The number of amides is 1. The number of Topliss-reactive ketones (excluding diaryl/α,β-unsaturated/α-hetero) is 1. The smallest absolute Gasteiger partial charge is 0.246 e. The Hall–Kier alpha value is -2.74. The third-order valence-corrected chi connectivity index (χ3v) is 7.17. The summed E-state index contributed by atoms with van der Waals surface area (Å²) in [6, 6.07) is 5.52. The molecule has 7 nitrogen and oxygen atoms in total. The van der Waals surface area contributed by atoms with Crippen molar-refractivity contribution in [2.75, 3.05) is 39.8 Å². The Morgan fingerprint density at radius 1 is 1.18 bits per heavy atom. The van der Waals surface area contributed by atoms with Gasteiger partial charge in [0.25, 0.3) is 0 Å². The standard InChI is InChI=1S/C25H33FN4O3/c1-28-15-11-22(27-33)21-10-16-30(23(21)25(28)32)14-3-2-12-29-13-4-5-19(17-29)24(31)18-6-8-20(26)9-7-18/h6-10,16,19,21,23,33H,2-5,11-15,17H2,1H3/b27-22-. The molecule has 178 valence electrons. The second-order valence-corrected chi connectivity index (χ2v) is 9.37. The van der Waals surface area contributed by atoms with E-state index in [9.17, 15) is 19.2 Å². The number of hydrogen-bond acceptors (Lipinski definition) is 6. The lowest BCUT2D eigenvalue weighted by Gasteiger charge is -2.32. The van der Waals surface area contributed by atoms with Gasteiger partial charge in [0, 0.05) is 50.5 Å². The number of piperidine rings is 1. The van der Waals surface area contributed by atoms with Crippen molar-refractivity contribution < 1.29 is 19.2 Å². The topological polar surface area (TPSA) is 76.5 Å². The number of rotatable bonds is 7. The van der Waals surface area contributed by atoms with Crippen molar-refractivity contribution in [3.8, 4) is 0 Å². The molecule has 0 aliphatic carbocycles. The average Bonchev–Trinajstić information content (AvgIpc) is 3.20. The Morgan fingerprint density at radius 3 is 2.70 bits per heavy atom. The predicted molar refractivity (Wildman–Crippen MR) is 124 cm³/mol. The number of carbonyl (C=O) groups is 2. The zero-order chi connectivity index (χ0) is 23.4. The number of benzene rings is 1. The summed E-state index contributed by atoms with van der Waals surface area (Å²) in [7, 11) is 1.80. The second-order valence-electron chi connectivity index (χ2n) is 9.37. The molecule has 0 aromatic heterocycles. The van der Waals surface area contributed by atoms with Crippen LogP contribution in [0.3, 0.4) is 0 Å². The lowest BCUT2D eigenvalue weighted by Crippen LogP contribution is -2.46. The SMILES string of the molecule is CN1CC/C(=N/O)C2C=CN(CCCCN3CCCC(C(=O)c4ccc(F)cc4)C3)C2C1=O. The van der Waals surface area contributed by atoms with Crippen molar-refractivity contribution in [3.05, 3.63) is 47.9 Å². The molecule has 8 heteroatoms. The van der Waals surface area contributed by atoms with Gasteiger partial charge in [-0.1, -0.05) is 11.2 Å². The second kappa shape index (κ2) is 10.5. The summed E-state index contributed by atoms with van der Waals surface area (Å²) in [6.45, 7) is 3.97. The van der Waals surface area contributed by atoms with Gasteiger partial charge in [0.2, 0.25) is 5.91 Å². The van der Waals surface area contributed by atoms with E-state index in [0.29, 0.717) is 24.2 Å². The monoisotopic (exact) mass is 456 g/mol. The first-order valence-electron chi connectivity index (χ1n) is 11.9. The Bertz CT molecular complexity index is 917. The van der Waals surface area contributed by atoms with E-state index in [1.54, 1.807) is 24.1 Å². The molecule has 4 rings (SSSR count). The van der Waals surface area contributed by atoms with Crippen LogP contribution in [0.4, 0.5) is 4.39 Å². The first kappa shape index (κ1) is 23.4. The van der Waals surface area contributed by atoms with Crippen LogP contribution in [0.2, 0.25) is 0 Å². The summed E-state index contributed by atoms with van der Waals surface area (Å²) >= 11 is 0. The fourth-order valence-electron chi connectivity index (χ4n) is 5.26. The van der Waals surface area contributed by atoms with Gasteiger partial charge in [-0.15, -0.1) is 0 Å². The highest BCUT2D eigenvalue weighted by atomic mass is 19.1. The van der Waals surface area contributed by atoms with E-state index in [-0.39, 0.29) is 35.4 Å². The number of likely N-dealkylation sites (tertiary alicyclic amines) is 2. The molecule has 3 heterocycles. The molecule has 2 saturated heterocycles. The molecule has 2 fully saturated rings. The molecule has 33 heavy (non-hydrogen) atoms. The third kappa shape index (κ3) is 5.27. The van der Waals surface area contributed by atoms with Gasteiger partial charge in [-0.05, 0) is 69.2 Å². The molecule has 1 N–H and O–H groups in total. The van der Waals surface area contributed by atoms with Crippen LogP contribution in [0.5, 0.6) is 0 Å². The first-order chi connectivity index (χ1) is 16.0. The van der Waals surface area contributed by atoms with Crippen LogP contribution in [0.1, 0.15) is 42.5 Å². The minimum atomic E-state index is -0.326. The van der Waals surface area contributed by atoms with Gasteiger partial charge < -0.3 is 19.9 Å². The molecule has 1 amide bonds. The van der Waals surface area contributed by atoms with Crippen molar-refractivity contribution >= 4 is 17.4 Å². The molecular formula is C25H33FN4O3. The molecule has 0 radical (unpaired) electrons. The largest absolute Gasteiger partial charge is 0.411 e. The average molecular weight is 457 g/mol. The molecule has 1 aromatic rings. The minimum absolute atomic E-state index is 0.0400. The number of nitrogens with zero attached hydrogens (tertiary/aromatic N) is 4. The molecule has 3 unspecified atom stereocenters. The minimum Gasteiger partial charge on any atom is -0.411 e. The summed E-state index contributed by atoms with van der Waals surface area (Å²) in [6.07, 6.45) is 8.31. The number of hydrogen-bond donors (Lipinski definition) is 1. The van der Waals surface area contributed by atoms with Crippen LogP contribution in [0.15, 0.2) is 41.7 Å². The zero-order valence-electron chi connectivity index (χ0n) is 19.2. The van der Waals surface area contributed by atoms with E-state index < -0.39 is 0 Å². The number of ketones is 1. The summed E-state index contributed by atoms with van der Waals surface area (Å²) in [5.41, 5.74) is 1.25. The number of carbonyl (C=O) groups excluding carboxylic acids is 2. The lowest BCUT2D eigenvalue weighted by molar-refractivity contribution is -0.134. The van der Waals surface area contributed by atoms with Crippen molar-refractivity contribution in [1.82, 2.24) is 14.7 Å². The Labute approximate surface area is 194 Å². The first-order valence-corrected chi connectivity index (χ1v) is 11.9. The molecule has 0 spiro atoms. The maximum absolute atomic E-state index is 13.2. The molecule has 0 bridgehead atoms. The molecular weight excluding hydrogens is 423 g/mol. The summed E-state index contributed by atoms with van der Waals surface area (Å²) in [4.78, 5) is 31.8. The van der Waals surface area contributed by atoms with Gasteiger partial charge in [0.15, 0.2) is 5.78 Å². The quantitative estimate of drug-likeness (QED) is 0.295. The fourth-order valence-corrected chi connectivity index (χ4v) is 5.26. The Morgan fingerprint density at radius 2 is 1.94 bits per heavy atom. The van der Waals surface area contributed by atoms with E-state index in [0.717, 1.165) is 51.9 Å². The van der Waals surface area contributed by atoms with Crippen molar-refractivity contribution in [3.63, 3.8) is 0 Å². The van der Waals surface area contributed by atoms with Gasteiger partial charge in [0.1, 0.15) is 11.9 Å². The van der Waals surface area contributed by atoms with Gasteiger partial charge >= 0.3 is 0 Å². The van der Waals surface area contributed by atoms with Crippen LogP contribution < -0.4 is 0 Å². The number of oxime groups is 1. The Kier molecular flexibility index (Phi) is 7.42. The van der Waals surface area contributed by atoms with E-state index >= 15 is 0 Å². The maximum Gasteiger partial charge on any atom is 0.246 e. The number of fused-ring (bicyclic) bond motifs is 1. The van der Waals surface area contributed by atoms with Crippen molar-refractivity contribution in [2.45, 2.75) is 38.1 Å². The highest BCUT2D eigenvalue weighted by Gasteiger charge is 2.41. The molecule has 3 aliphatic heterocycles. The molecule has 3 aliphatic rings. The predicted octanol–water partition coefficient (Wildman–Crippen LogP) is 3.01. The van der Waals surface area contributed by atoms with Gasteiger partial charge in [0.05, 0.1) is 5.71 Å². The van der Waals surface area contributed by atoms with Crippen LogP contribution in [0, 0.1) is 17.7 Å². The normalized spacial score (nSPS) is 27.2. The van der Waals surface area contributed by atoms with E-state index in [1.807, 2.05) is 12.3 Å². The van der Waals surface area contributed by atoms with E-state index in [1.165, 1.54) is 12.1 Å². The number of likely N-dealkylation sites (N-methyl/N-ethyl adjacent to an activating group) is 1. The van der Waals surface area contributed by atoms with Gasteiger partial charge in [-0.3, -0.25) is 9.59 Å². The summed E-state index contributed by atoms with van der Waals surface area (Å²) < 4.78 is 13.2. The van der Waals surface area contributed by atoms with E-state index in [4.69, 9.17) is 0 Å². The van der Waals surface area contributed by atoms with Crippen LogP contribution >= 0.6 is 0 Å². The summed E-state index contributed by atoms with van der Waals surface area (Å²) in [5, 5.41) is 12.9. The van der Waals surface area contributed by atoms with Gasteiger partial charge in [-0.2, -0.15) is 0 Å². The maximum atomic E-state index is 13.2. The van der Waals surface area contributed by atoms with Crippen LogP contribution in [-0.2, 0) is 4.79 Å². The number of halogens is 1. The zero-order valence-corrected chi connectivity index (χ0v) is 19.2. The van der Waals surface area contributed by atoms with Crippen molar-refractivity contribution in [1.29, 1.82) is 0 Å². The molecule has 3 atom stereocenters. The fraction of sp³-hybridized carbons (Fsp3) is 0.560.